The third kappa shape index (κ3) is 8.02. The molecule has 0 radical (unpaired) electrons. The lowest BCUT2D eigenvalue weighted by Crippen LogP contribution is -2.52. The van der Waals surface area contributed by atoms with Crippen LogP contribution in [0.4, 0.5) is 0 Å². The van der Waals surface area contributed by atoms with Crippen molar-refractivity contribution in [1.82, 2.24) is 9.80 Å². The maximum absolute atomic E-state index is 12.4. The molecule has 1 aromatic rings. The molecule has 1 aromatic carbocycles. The number of carboxylic acids is 2. The summed E-state index contributed by atoms with van der Waals surface area (Å²) in [6.07, 6.45) is 8.20. The Bertz CT molecular complexity index is 695. The predicted octanol–water partition coefficient (Wildman–Crippen LogP) is 2.40. The van der Waals surface area contributed by atoms with Gasteiger partial charge in [-0.25, -0.2) is 9.59 Å². The number of carbonyl (C=O) groups excluding carboxylic acids is 1. The predicted molar refractivity (Wildman–Crippen MR) is 112 cm³/mol. The van der Waals surface area contributed by atoms with Gasteiger partial charge < -0.3 is 19.8 Å². The van der Waals surface area contributed by atoms with Gasteiger partial charge in [0.1, 0.15) is 5.75 Å². The number of amides is 1. The van der Waals surface area contributed by atoms with E-state index in [0.717, 1.165) is 43.5 Å². The van der Waals surface area contributed by atoms with Gasteiger partial charge in [0.2, 0.25) is 0 Å². The molecule has 0 aromatic heterocycles. The summed E-state index contributed by atoms with van der Waals surface area (Å²) in [5.41, 5.74) is 1.15. The van der Waals surface area contributed by atoms with E-state index in [4.69, 9.17) is 24.5 Å². The van der Waals surface area contributed by atoms with Crippen LogP contribution in [0.25, 0.3) is 0 Å². The minimum Gasteiger partial charge on any atom is -0.484 e. The summed E-state index contributed by atoms with van der Waals surface area (Å²) in [6, 6.07) is 8.61. The maximum atomic E-state index is 12.4. The molecule has 0 atom stereocenters. The fourth-order valence-corrected chi connectivity index (χ4v) is 3.90. The molecule has 30 heavy (non-hydrogen) atoms. The van der Waals surface area contributed by atoms with Crippen molar-refractivity contribution in [3.8, 4) is 5.75 Å². The zero-order valence-electron chi connectivity index (χ0n) is 17.6. The number of carbonyl (C=O) groups is 3. The third-order valence-electron chi connectivity index (χ3n) is 5.54. The van der Waals surface area contributed by atoms with E-state index in [2.05, 4.69) is 4.90 Å². The van der Waals surface area contributed by atoms with Crippen molar-refractivity contribution in [2.75, 3.05) is 32.8 Å². The molecular weight excluding hydrogens is 388 g/mol. The van der Waals surface area contributed by atoms with E-state index >= 15 is 0 Å². The van der Waals surface area contributed by atoms with Crippen LogP contribution >= 0.6 is 0 Å². The zero-order chi connectivity index (χ0) is 21.9. The SMILES string of the molecule is Cc1cccc(OCC(=O)N2CCN(C3CCCCCC3)CC2)c1.O=C(O)C(=O)O. The average molecular weight is 421 g/mol. The second kappa shape index (κ2) is 12.2. The maximum Gasteiger partial charge on any atom is 0.414 e. The molecule has 1 saturated carbocycles. The number of hydrogen-bond acceptors (Lipinski definition) is 5. The van der Waals surface area contributed by atoms with E-state index in [0.29, 0.717) is 0 Å². The van der Waals surface area contributed by atoms with Gasteiger partial charge in [0, 0.05) is 32.2 Å². The van der Waals surface area contributed by atoms with Gasteiger partial charge in [-0.3, -0.25) is 9.69 Å². The number of rotatable bonds is 4. The molecular formula is C22H32N2O6. The van der Waals surface area contributed by atoms with E-state index in [9.17, 15) is 4.79 Å². The van der Waals surface area contributed by atoms with Crippen LogP contribution in [-0.2, 0) is 14.4 Å². The second-order valence-electron chi connectivity index (χ2n) is 7.78. The Hall–Kier alpha value is -2.61. The standard InChI is InChI=1S/C20H30N2O2.C2H2O4/c1-17-7-6-10-19(15-17)24-16-20(23)22-13-11-21(12-14-22)18-8-4-2-3-5-9-18;3-1(4)2(5)6/h6-7,10,15,18H,2-5,8-9,11-14,16H2,1H3;(H,3,4)(H,5,6). The molecule has 1 aliphatic heterocycles. The van der Waals surface area contributed by atoms with E-state index in [-0.39, 0.29) is 12.5 Å². The van der Waals surface area contributed by atoms with Crippen molar-refractivity contribution in [2.45, 2.75) is 51.5 Å². The smallest absolute Gasteiger partial charge is 0.414 e. The molecule has 2 fully saturated rings. The molecule has 0 spiro atoms. The molecule has 3 rings (SSSR count). The molecule has 1 heterocycles. The first-order chi connectivity index (χ1) is 14.4. The molecule has 2 N–H and O–H groups in total. The highest BCUT2D eigenvalue weighted by Crippen LogP contribution is 2.23. The summed E-state index contributed by atoms with van der Waals surface area (Å²) in [6.45, 7) is 5.88. The van der Waals surface area contributed by atoms with Gasteiger partial charge >= 0.3 is 11.9 Å². The number of aliphatic carboxylic acids is 2. The van der Waals surface area contributed by atoms with Crippen molar-refractivity contribution in [2.24, 2.45) is 0 Å². The van der Waals surface area contributed by atoms with Crippen LogP contribution in [0.5, 0.6) is 5.75 Å². The van der Waals surface area contributed by atoms with Crippen LogP contribution < -0.4 is 4.74 Å². The lowest BCUT2D eigenvalue weighted by Gasteiger charge is -2.39. The Morgan fingerprint density at radius 2 is 1.57 bits per heavy atom. The molecule has 166 valence electrons. The topological polar surface area (TPSA) is 107 Å². The van der Waals surface area contributed by atoms with Gasteiger partial charge in [-0.2, -0.15) is 0 Å². The number of piperazine rings is 1. The fourth-order valence-electron chi connectivity index (χ4n) is 3.90. The molecule has 1 saturated heterocycles. The molecule has 8 heteroatoms. The Labute approximate surface area is 177 Å². The van der Waals surface area contributed by atoms with E-state index in [1.165, 1.54) is 38.5 Å². The highest BCUT2D eigenvalue weighted by Gasteiger charge is 2.26. The molecule has 2 aliphatic rings. The number of benzene rings is 1. The van der Waals surface area contributed by atoms with Crippen molar-refractivity contribution in [3.05, 3.63) is 29.8 Å². The number of ether oxygens (including phenoxy) is 1. The van der Waals surface area contributed by atoms with E-state index in [1.54, 1.807) is 0 Å². The summed E-state index contributed by atoms with van der Waals surface area (Å²) in [5, 5.41) is 14.8. The summed E-state index contributed by atoms with van der Waals surface area (Å²) in [5.74, 6) is -2.76. The number of hydrogen-bond donors (Lipinski definition) is 2. The fraction of sp³-hybridized carbons (Fsp3) is 0.591. The quantitative estimate of drug-likeness (QED) is 0.569. The molecule has 1 amide bonds. The monoisotopic (exact) mass is 420 g/mol. The van der Waals surface area contributed by atoms with Gasteiger partial charge in [0.05, 0.1) is 0 Å². The van der Waals surface area contributed by atoms with Gasteiger partial charge in [-0.1, -0.05) is 37.8 Å². The van der Waals surface area contributed by atoms with Crippen LogP contribution in [0, 0.1) is 6.92 Å². The Kier molecular flexibility index (Phi) is 9.60. The second-order valence-corrected chi connectivity index (χ2v) is 7.78. The summed E-state index contributed by atoms with van der Waals surface area (Å²) < 4.78 is 5.66. The van der Waals surface area contributed by atoms with Crippen molar-refractivity contribution in [1.29, 1.82) is 0 Å². The Balaban J connectivity index is 0.000000469. The van der Waals surface area contributed by atoms with Gasteiger partial charge in [-0.15, -0.1) is 0 Å². The first-order valence-electron chi connectivity index (χ1n) is 10.5. The average Bonchev–Trinajstić information content (AvgIpc) is 3.02. The van der Waals surface area contributed by atoms with E-state index < -0.39 is 11.9 Å². The first-order valence-corrected chi connectivity index (χ1v) is 10.5. The summed E-state index contributed by atoms with van der Waals surface area (Å²) >= 11 is 0. The van der Waals surface area contributed by atoms with Crippen LogP contribution in [0.2, 0.25) is 0 Å². The summed E-state index contributed by atoms with van der Waals surface area (Å²) in [4.78, 5) is 35.1. The largest absolute Gasteiger partial charge is 0.484 e. The lowest BCUT2D eigenvalue weighted by atomic mass is 10.1. The van der Waals surface area contributed by atoms with Crippen molar-refractivity contribution >= 4 is 17.8 Å². The molecule has 0 unspecified atom stereocenters. The minimum absolute atomic E-state index is 0.108. The summed E-state index contributed by atoms with van der Waals surface area (Å²) in [7, 11) is 0. The lowest BCUT2D eigenvalue weighted by molar-refractivity contribution is -0.159. The van der Waals surface area contributed by atoms with Crippen LogP contribution in [-0.4, -0.2) is 76.7 Å². The van der Waals surface area contributed by atoms with Crippen LogP contribution in [0.15, 0.2) is 24.3 Å². The number of carboxylic acid groups (broad SMARTS) is 2. The zero-order valence-corrected chi connectivity index (χ0v) is 17.6. The van der Waals surface area contributed by atoms with Gasteiger partial charge in [0.15, 0.2) is 6.61 Å². The molecule has 1 aliphatic carbocycles. The van der Waals surface area contributed by atoms with Crippen molar-refractivity contribution < 1.29 is 29.3 Å². The van der Waals surface area contributed by atoms with Crippen LogP contribution in [0.1, 0.15) is 44.1 Å². The Morgan fingerprint density at radius 3 is 2.10 bits per heavy atom. The highest BCUT2D eigenvalue weighted by molar-refractivity contribution is 6.27. The van der Waals surface area contributed by atoms with Gasteiger partial charge in [-0.05, 0) is 37.5 Å². The van der Waals surface area contributed by atoms with Gasteiger partial charge in [0.25, 0.3) is 5.91 Å². The third-order valence-corrected chi connectivity index (χ3v) is 5.54. The minimum atomic E-state index is -1.82. The molecule has 8 nitrogen and oxygen atoms in total. The van der Waals surface area contributed by atoms with E-state index in [1.807, 2.05) is 36.1 Å². The molecule has 0 bridgehead atoms. The normalized spacial score (nSPS) is 18.0. The van der Waals surface area contributed by atoms with Crippen molar-refractivity contribution in [3.63, 3.8) is 0 Å². The number of nitrogens with zero attached hydrogens (tertiary/aromatic N) is 2. The first kappa shape index (κ1) is 23.7. The number of aryl methyl sites for hydroxylation is 1. The Morgan fingerprint density at radius 1 is 0.967 bits per heavy atom. The highest BCUT2D eigenvalue weighted by atomic mass is 16.5. The van der Waals surface area contributed by atoms with Crippen LogP contribution in [0.3, 0.4) is 0 Å².